The fourth-order valence-corrected chi connectivity index (χ4v) is 1.87. The van der Waals surface area contributed by atoms with Gasteiger partial charge in [0.25, 0.3) is 20.4 Å². The van der Waals surface area contributed by atoms with E-state index in [1.165, 1.54) is 0 Å². The van der Waals surface area contributed by atoms with E-state index in [9.17, 15) is 16.8 Å². The van der Waals surface area contributed by atoms with Gasteiger partial charge in [0, 0.05) is 13.1 Å². The zero-order valence-corrected chi connectivity index (χ0v) is 15.1. The molecule has 10 heteroatoms. The van der Waals surface area contributed by atoms with E-state index in [0.29, 0.717) is 30.8 Å². The van der Waals surface area contributed by atoms with Gasteiger partial charge in [0.2, 0.25) is 0 Å². The van der Waals surface area contributed by atoms with Crippen molar-refractivity contribution in [3.63, 3.8) is 0 Å². The van der Waals surface area contributed by atoms with Gasteiger partial charge in [-0.05, 0) is 24.2 Å². The Balaban J connectivity index is 0. The van der Waals surface area contributed by atoms with E-state index < -0.39 is 20.4 Å². The zero-order chi connectivity index (χ0) is 17.3. The molecule has 0 spiro atoms. The molecule has 0 aliphatic heterocycles. The summed E-state index contributed by atoms with van der Waals surface area (Å²) in [7, 11) is -6.97. The molecule has 0 fully saturated rings. The molecular weight excluding hydrogens is 316 g/mol. The van der Waals surface area contributed by atoms with E-state index in [4.69, 9.17) is 5.14 Å². The summed E-state index contributed by atoms with van der Waals surface area (Å²) < 4.78 is 45.9. The Morgan fingerprint density at radius 1 is 0.857 bits per heavy atom. The molecule has 1 atom stereocenters. The minimum absolute atomic E-state index is 0.313. The van der Waals surface area contributed by atoms with E-state index in [1.54, 1.807) is 0 Å². The SMILES string of the molecule is CC(C)C(C)CNS(N)(=O)=O.CC(C)CCNS(N)(=O)=O. The highest BCUT2D eigenvalue weighted by Crippen LogP contribution is 2.07. The van der Waals surface area contributed by atoms with Crippen LogP contribution in [0, 0.1) is 17.8 Å². The highest BCUT2D eigenvalue weighted by Gasteiger charge is 2.09. The van der Waals surface area contributed by atoms with Gasteiger partial charge in [-0.15, -0.1) is 0 Å². The molecule has 8 nitrogen and oxygen atoms in total. The van der Waals surface area contributed by atoms with Crippen molar-refractivity contribution in [2.24, 2.45) is 28.0 Å². The minimum atomic E-state index is -3.50. The fourth-order valence-electron chi connectivity index (χ4n) is 0.973. The Kier molecular flexibility index (Phi) is 11.5. The van der Waals surface area contributed by atoms with Crippen LogP contribution in [0.25, 0.3) is 0 Å². The number of nitrogens with two attached hydrogens (primary N) is 2. The van der Waals surface area contributed by atoms with Gasteiger partial charge in [0.05, 0.1) is 0 Å². The molecule has 0 rings (SSSR count). The molecule has 0 aromatic heterocycles. The molecule has 6 N–H and O–H groups in total. The van der Waals surface area contributed by atoms with Crippen molar-refractivity contribution < 1.29 is 16.8 Å². The van der Waals surface area contributed by atoms with Crippen molar-refractivity contribution >= 4 is 20.4 Å². The third-order valence-corrected chi connectivity index (χ3v) is 3.95. The van der Waals surface area contributed by atoms with Crippen LogP contribution in [-0.2, 0) is 20.4 Å². The molecule has 0 aromatic carbocycles. The van der Waals surface area contributed by atoms with Gasteiger partial charge >= 0.3 is 0 Å². The normalized spacial score (nSPS) is 14.0. The predicted molar refractivity (Wildman–Crippen MR) is 85.7 cm³/mol. The highest BCUT2D eigenvalue weighted by atomic mass is 32.2. The average molecular weight is 347 g/mol. The maximum absolute atomic E-state index is 10.4. The van der Waals surface area contributed by atoms with Crippen LogP contribution in [0.4, 0.5) is 0 Å². The van der Waals surface area contributed by atoms with Gasteiger partial charge in [-0.2, -0.15) is 16.8 Å². The molecule has 0 aliphatic rings. The van der Waals surface area contributed by atoms with Crippen molar-refractivity contribution in [2.45, 2.75) is 41.0 Å². The quantitative estimate of drug-likeness (QED) is 0.486. The summed E-state index contributed by atoms with van der Waals surface area (Å²) in [5, 5.41) is 9.43. The topological polar surface area (TPSA) is 144 Å². The van der Waals surface area contributed by atoms with Gasteiger partial charge < -0.3 is 0 Å². The molecule has 0 saturated heterocycles. The zero-order valence-electron chi connectivity index (χ0n) is 13.5. The maximum atomic E-state index is 10.4. The van der Waals surface area contributed by atoms with Crippen molar-refractivity contribution in [1.29, 1.82) is 0 Å². The largest absolute Gasteiger partial charge is 0.274 e. The summed E-state index contributed by atoms with van der Waals surface area (Å²) >= 11 is 0. The first-order valence-corrected chi connectivity index (χ1v) is 9.88. The van der Waals surface area contributed by atoms with Crippen LogP contribution in [0.1, 0.15) is 41.0 Å². The average Bonchev–Trinajstić information content (AvgIpc) is 2.23. The van der Waals surface area contributed by atoms with Crippen molar-refractivity contribution in [3.8, 4) is 0 Å². The monoisotopic (exact) mass is 346 g/mol. The molecule has 0 saturated carbocycles. The van der Waals surface area contributed by atoms with Crippen LogP contribution in [0.15, 0.2) is 0 Å². The molecule has 0 amide bonds. The second kappa shape index (κ2) is 10.5. The summed E-state index contributed by atoms with van der Waals surface area (Å²) in [6.07, 6.45) is 0.816. The molecule has 1 unspecified atom stereocenters. The van der Waals surface area contributed by atoms with Crippen LogP contribution < -0.4 is 19.7 Å². The number of hydrogen-bond donors (Lipinski definition) is 4. The summed E-state index contributed by atoms with van der Waals surface area (Å²) in [4.78, 5) is 0. The van der Waals surface area contributed by atoms with Gasteiger partial charge in [0.1, 0.15) is 0 Å². The molecule has 130 valence electrons. The van der Waals surface area contributed by atoms with E-state index in [1.807, 2.05) is 34.6 Å². The lowest BCUT2D eigenvalue weighted by Crippen LogP contribution is -2.35. The van der Waals surface area contributed by atoms with Gasteiger partial charge in [-0.1, -0.05) is 34.6 Å². The Bertz CT molecular complexity index is 461. The lowest BCUT2D eigenvalue weighted by atomic mass is 9.99. The van der Waals surface area contributed by atoms with E-state index in [-0.39, 0.29) is 0 Å². The standard InChI is InChI=1S/C6H16N2O2S.C5H14N2O2S/c1-5(2)6(3)4-8-11(7,9)10;1-5(2)3-4-7-10(6,8)9/h5-6,8H,4H2,1-3H3,(H2,7,9,10);5,7H,3-4H2,1-2H3,(H2,6,8,9). The molecule has 0 aliphatic carbocycles. The number of rotatable bonds is 8. The van der Waals surface area contributed by atoms with Crippen LogP contribution in [0.2, 0.25) is 0 Å². The van der Waals surface area contributed by atoms with E-state index >= 15 is 0 Å². The molecule has 0 radical (unpaired) electrons. The second-order valence-electron chi connectivity index (χ2n) is 5.74. The molecule has 21 heavy (non-hydrogen) atoms. The summed E-state index contributed by atoms with van der Waals surface area (Å²) in [5.41, 5.74) is 0. The van der Waals surface area contributed by atoms with Gasteiger partial charge in [-0.3, -0.25) is 0 Å². The summed E-state index contributed by atoms with van der Waals surface area (Å²) in [6, 6.07) is 0. The Morgan fingerprint density at radius 2 is 1.29 bits per heavy atom. The van der Waals surface area contributed by atoms with Crippen molar-refractivity contribution in [1.82, 2.24) is 9.44 Å². The molecular formula is C11H30N4O4S2. The van der Waals surface area contributed by atoms with Gasteiger partial charge in [-0.25, -0.2) is 19.7 Å². The summed E-state index contributed by atoms with van der Waals surface area (Å²) in [5.74, 6) is 1.27. The van der Waals surface area contributed by atoms with E-state index in [0.717, 1.165) is 6.42 Å². The fraction of sp³-hybridized carbons (Fsp3) is 1.00. The molecule has 0 bridgehead atoms. The van der Waals surface area contributed by atoms with Crippen LogP contribution in [0.5, 0.6) is 0 Å². The third-order valence-electron chi connectivity index (χ3n) is 2.77. The van der Waals surface area contributed by atoms with Gasteiger partial charge in [0.15, 0.2) is 0 Å². The number of hydrogen-bond acceptors (Lipinski definition) is 4. The van der Waals surface area contributed by atoms with Crippen LogP contribution in [0.3, 0.4) is 0 Å². The Morgan fingerprint density at radius 3 is 1.57 bits per heavy atom. The minimum Gasteiger partial charge on any atom is -0.216 e. The lowest BCUT2D eigenvalue weighted by molar-refractivity contribution is 0.415. The van der Waals surface area contributed by atoms with Crippen molar-refractivity contribution in [2.75, 3.05) is 13.1 Å². The first-order valence-electron chi connectivity index (χ1n) is 6.79. The predicted octanol–water partition coefficient (Wildman–Crippen LogP) is -0.103. The first-order chi connectivity index (χ1) is 9.24. The van der Waals surface area contributed by atoms with Crippen molar-refractivity contribution in [3.05, 3.63) is 0 Å². The smallest absolute Gasteiger partial charge is 0.216 e. The lowest BCUT2D eigenvalue weighted by Gasteiger charge is -2.14. The second-order valence-corrected chi connectivity index (χ2v) is 8.49. The third kappa shape index (κ3) is 22.2. The molecule has 0 heterocycles. The Labute approximate surface area is 129 Å². The van der Waals surface area contributed by atoms with Crippen LogP contribution >= 0.6 is 0 Å². The van der Waals surface area contributed by atoms with Crippen LogP contribution in [-0.4, -0.2) is 29.9 Å². The first kappa shape index (κ1) is 23.0. The maximum Gasteiger partial charge on any atom is 0.274 e. The molecule has 0 aromatic rings. The Hall–Kier alpha value is -0.260. The highest BCUT2D eigenvalue weighted by molar-refractivity contribution is 7.87. The summed E-state index contributed by atoms with van der Waals surface area (Å²) in [6.45, 7) is 10.9. The number of nitrogens with one attached hydrogen (secondary N) is 2. The van der Waals surface area contributed by atoms with E-state index in [2.05, 4.69) is 14.6 Å².